The van der Waals surface area contributed by atoms with Gasteiger partial charge in [0.15, 0.2) is 0 Å². The standard InChI is InChI=1S/C17H22N2O2.ClH/c1-18-10-13-5-4-8-19(11-13)17(20)15-9-14-6-2-3-7-16(14)21-12-15;/h2-3,6-7,9,13,18H,4-5,8,10-12H2,1H3;1H. The first-order valence-electron chi connectivity index (χ1n) is 7.64. The molecule has 120 valence electrons. The fourth-order valence-electron chi connectivity index (χ4n) is 3.15. The van der Waals surface area contributed by atoms with Gasteiger partial charge >= 0.3 is 0 Å². The molecule has 4 nitrogen and oxygen atoms in total. The van der Waals surface area contributed by atoms with Gasteiger partial charge in [0.05, 0.1) is 5.57 Å². The predicted octanol–water partition coefficient (Wildman–Crippen LogP) is 2.34. The van der Waals surface area contributed by atoms with E-state index in [-0.39, 0.29) is 18.3 Å². The second kappa shape index (κ2) is 7.65. The predicted molar refractivity (Wildman–Crippen MR) is 90.4 cm³/mol. The number of fused-ring (bicyclic) bond motifs is 1. The molecule has 0 radical (unpaired) electrons. The zero-order valence-corrected chi connectivity index (χ0v) is 13.7. The summed E-state index contributed by atoms with van der Waals surface area (Å²) in [6.45, 7) is 3.06. The van der Waals surface area contributed by atoms with Gasteiger partial charge in [0.2, 0.25) is 0 Å². The summed E-state index contributed by atoms with van der Waals surface area (Å²) in [6, 6.07) is 7.85. The van der Waals surface area contributed by atoms with Crippen LogP contribution in [-0.2, 0) is 4.79 Å². The Morgan fingerprint density at radius 3 is 3.05 bits per heavy atom. The summed E-state index contributed by atoms with van der Waals surface area (Å²) in [4.78, 5) is 14.7. The second-order valence-corrected chi connectivity index (χ2v) is 5.81. The lowest BCUT2D eigenvalue weighted by atomic mass is 9.97. The highest BCUT2D eigenvalue weighted by molar-refractivity contribution is 5.99. The van der Waals surface area contributed by atoms with E-state index in [0.29, 0.717) is 12.5 Å². The van der Waals surface area contributed by atoms with E-state index in [1.165, 1.54) is 6.42 Å². The van der Waals surface area contributed by atoms with Crippen LogP contribution in [0.1, 0.15) is 18.4 Å². The van der Waals surface area contributed by atoms with Gasteiger partial charge in [0, 0.05) is 18.7 Å². The number of amides is 1. The fraction of sp³-hybridized carbons (Fsp3) is 0.471. The van der Waals surface area contributed by atoms with Crippen molar-refractivity contribution in [3.63, 3.8) is 0 Å². The molecule has 1 fully saturated rings. The molecule has 5 heteroatoms. The molecule has 2 aliphatic rings. The van der Waals surface area contributed by atoms with Gasteiger partial charge in [-0.2, -0.15) is 0 Å². The molecule has 2 aliphatic heterocycles. The molecule has 1 saturated heterocycles. The zero-order valence-electron chi connectivity index (χ0n) is 12.9. The van der Waals surface area contributed by atoms with Crippen molar-refractivity contribution >= 4 is 24.4 Å². The van der Waals surface area contributed by atoms with Crippen molar-refractivity contribution in [3.05, 3.63) is 35.4 Å². The molecule has 1 aromatic rings. The van der Waals surface area contributed by atoms with Crippen molar-refractivity contribution < 1.29 is 9.53 Å². The highest BCUT2D eigenvalue weighted by Crippen LogP contribution is 2.27. The van der Waals surface area contributed by atoms with E-state index >= 15 is 0 Å². The van der Waals surface area contributed by atoms with Gasteiger partial charge < -0.3 is 15.0 Å². The van der Waals surface area contributed by atoms with Crippen molar-refractivity contribution in [3.8, 4) is 5.75 Å². The molecule has 1 aromatic carbocycles. The minimum absolute atomic E-state index is 0. The summed E-state index contributed by atoms with van der Waals surface area (Å²) in [5.41, 5.74) is 1.76. The average molecular weight is 323 g/mol. The Labute approximate surface area is 137 Å². The van der Waals surface area contributed by atoms with Crippen LogP contribution in [0.5, 0.6) is 5.75 Å². The normalized spacial score (nSPS) is 20.3. The quantitative estimate of drug-likeness (QED) is 0.928. The Morgan fingerprint density at radius 2 is 2.23 bits per heavy atom. The van der Waals surface area contributed by atoms with E-state index in [1.54, 1.807) is 0 Å². The van der Waals surface area contributed by atoms with Crippen molar-refractivity contribution in [2.75, 3.05) is 33.3 Å². The number of ether oxygens (including phenoxy) is 1. The summed E-state index contributed by atoms with van der Waals surface area (Å²) in [7, 11) is 1.97. The molecule has 22 heavy (non-hydrogen) atoms. The average Bonchev–Trinajstić information content (AvgIpc) is 2.54. The number of para-hydroxylation sites is 1. The van der Waals surface area contributed by atoms with E-state index in [9.17, 15) is 4.79 Å². The van der Waals surface area contributed by atoms with Crippen LogP contribution in [0.4, 0.5) is 0 Å². The van der Waals surface area contributed by atoms with E-state index in [0.717, 1.165) is 42.9 Å². The van der Waals surface area contributed by atoms with Gasteiger partial charge in [0.1, 0.15) is 12.4 Å². The number of carbonyl (C=O) groups is 1. The van der Waals surface area contributed by atoms with Crippen LogP contribution in [0.25, 0.3) is 6.08 Å². The molecule has 1 amide bonds. The van der Waals surface area contributed by atoms with Gasteiger partial charge in [-0.15, -0.1) is 12.4 Å². The topological polar surface area (TPSA) is 41.6 Å². The maximum atomic E-state index is 12.7. The molecule has 2 heterocycles. The first kappa shape index (κ1) is 16.8. The highest BCUT2D eigenvalue weighted by Gasteiger charge is 2.27. The van der Waals surface area contributed by atoms with Crippen molar-refractivity contribution in [2.45, 2.75) is 12.8 Å². The van der Waals surface area contributed by atoms with Gasteiger partial charge in [-0.05, 0) is 44.5 Å². The van der Waals surface area contributed by atoms with Gasteiger partial charge in [0.25, 0.3) is 5.91 Å². The molecule has 0 bridgehead atoms. The third-order valence-electron chi connectivity index (χ3n) is 4.21. The summed E-state index contributed by atoms with van der Waals surface area (Å²) in [6.07, 6.45) is 4.26. The highest BCUT2D eigenvalue weighted by atomic mass is 35.5. The molecular formula is C17H23ClN2O2. The Hall–Kier alpha value is -1.52. The molecule has 1 N–H and O–H groups in total. The lowest BCUT2D eigenvalue weighted by Gasteiger charge is -2.33. The van der Waals surface area contributed by atoms with Crippen LogP contribution in [0.15, 0.2) is 29.8 Å². The second-order valence-electron chi connectivity index (χ2n) is 5.81. The number of nitrogens with one attached hydrogen (secondary N) is 1. The maximum absolute atomic E-state index is 12.7. The van der Waals surface area contributed by atoms with Gasteiger partial charge in [-0.3, -0.25) is 4.79 Å². The minimum atomic E-state index is 0. The van der Waals surface area contributed by atoms with Crippen LogP contribution >= 0.6 is 12.4 Å². The van der Waals surface area contributed by atoms with E-state index in [4.69, 9.17) is 4.74 Å². The Morgan fingerprint density at radius 1 is 1.41 bits per heavy atom. The zero-order chi connectivity index (χ0) is 14.7. The molecule has 0 aromatic heterocycles. The van der Waals surface area contributed by atoms with Crippen LogP contribution in [-0.4, -0.2) is 44.1 Å². The Kier molecular flexibility index (Phi) is 5.86. The number of hydrogen-bond donors (Lipinski definition) is 1. The van der Waals surface area contributed by atoms with Crippen LogP contribution < -0.4 is 10.1 Å². The molecule has 0 spiro atoms. The molecular weight excluding hydrogens is 300 g/mol. The smallest absolute Gasteiger partial charge is 0.253 e. The third-order valence-corrected chi connectivity index (χ3v) is 4.21. The van der Waals surface area contributed by atoms with Gasteiger partial charge in [-0.1, -0.05) is 18.2 Å². The summed E-state index contributed by atoms with van der Waals surface area (Å²) < 4.78 is 5.69. The number of likely N-dealkylation sites (tertiary alicyclic amines) is 1. The summed E-state index contributed by atoms with van der Waals surface area (Å²) in [5, 5.41) is 3.21. The third kappa shape index (κ3) is 3.62. The largest absolute Gasteiger partial charge is 0.488 e. The van der Waals surface area contributed by atoms with E-state index < -0.39 is 0 Å². The first-order valence-corrected chi connectivity index (χ1v) is 7.64. The van der Waals surface area contributed by atoms with Crippen LogP contribution in [0.2, 0.25) is 0 Å². The first-order chi connectivity index (χ1) is 10.3. The summed E-state index contributed by atoms with van der Waals surface area (Å²) in [5.74, 6) is 1.55. The maximum Gasteiger partial charge on any atom is 0.253 e. The molecule has 1 unspecified atom stereocenters. The Bertz CT molecular complexity index is 557. The monoisotopic (exact) mass is 322 g/mol. The molecule has 3 rings (SSSR count). The van der Waals surface area contributed by atoms with Crippen LogP contribution in [0.3, 0.4) is 0 Å². The lowest BCUT2D eigenvalue weighted by Crippen LogP contribution is -2.43. The van der Waals surface area contributed by atoms with Crippen molar-refractivity contribution in [1.82, 2.24) is 10.2 Å². The number of benzene rings is 1. The minimum Gasteiger partial charge on any atom is -0.488 e. The number of hydrogen-bond acceptors (Lipinski definition) is 3. The number of rotatable bonds is 3. The molecule has 0 saturated carbocycles. The van der Waals surface area contributed by atoms with Crippen molar-refractivity contribution in [1.29, 1.82) is 0 Å². The molecule has 1 atom stereocenters. The van der Waals surface area contributed by atoms with Crippen molar-refractivity contribution in [2.24, 2.45) is 5.92 Å². The SMILES string of the molecule is CNCC1CCCN(C(=O)C2=Cc3ccccc3OC2)C1.Cl. The van der Waals surface area contributed by atoms with Crippen LogP contribution in [0, 0.1) is 5.92 Å². The molecule has 0 aliphatic carbocycles. The number of nitrogens with zero attached hydrogens (tertiary/aromatic N) is 1. The number of piperidine rings is 1. The summed E-state index contributed by atoms with van der Waals surface area (Å²) >= 11 is 0. The number of halogens is 1. The van der Waals surface area contributed by atoms with E-state index in [2.05, 4.69) is 5.32 Å². The number of carbonyl (C=O) groups excluding carboxylic acids is 1. The Balaban J connectivity index is 0.00000176. The fourth-order valence-corrected chi connectivity index (χ4v) is 3.15. The van der Waals surface area contributed by atoms with Gasteiger partial charge in [-0.25, -0.2) is 0 Å². The van der Waals surface area contributed by atoms with E-state index in [1.807, 2.05) is 42.3 Å². The lowest BCUT2D eigenvalue weighted by molar-refractivity contribution is -0.129.